The molecule has 1 aromatic heterocycles. The molecular weight excluding hydrogens is 126 g/mol. The number of hydrogen-bond acceptors (Lipinski definition) is 1. The number of aromatic nitrogens is 1. The highest BCUT2D eigenvalue weighted by Gasteiger charge is 1.98. The minimum Gasteiger partial charge on any atom is -0.448 e. The molecule has 0 unspecified atom stereocenters. The molecule has 0 radical (unpaired) electrons. The second-order valence-electron chi connectivity index (χ2n) is 1.88. The second kappa shape index (κ2) is 3.01. The fraction of sp³-hybridized carbons (Fsp3) is 0.125. The van der Waals surface area contributed by atoms with E-state index in [0.717, 1.165) is 11.6 Å². The highest BCUT2D eigenvalue weighted by molar-refractivity contribution is 5.37. The summed E-state index contributed by atoms with van der Waals surface area (Å²) in [5, 5.41) is 0. The molecule has 0 spiro atoms. The van der Waals surface area contributed by atoms with E-state index in [1.165, 1.54) is 0 Å². The molecule has 0 amide bonds. The average Bonchev–Trinajstić information content (AvgIpc) is 2.05. The Morgan fingerprint density at radius 2 is 2.40 bits per heavy atom. The second-order valence-corrected chi connectivity index (χ2v) is 1.88. The maximum Gasteiger partial charge on any atom is 0.366 e. The van der Waals surface area contributed by atoms with Crippen LogP contribution in [0.5, 0.6) is 5.88 Å². The van der Waals surface area contributed by atoms with Crippen molar-refractivity contribution in [3.05, 3.63) is 30.5 Å². The number of H-pyrrole nitrogens is 1. The normalized spacial score (nSPS) is 8.90. The van der Waals surface area contributed by atoms with Crippen LogP contribution in [0.25, 0.3) is 6.08 Å². The molecule has 0 aromatic carbocycles. The summed E-state index contributed by atoms with van der Waals surface area (Å²) >= 11 is 0. The summed E-state index contributed by atoms with van der Waals surface area (Å²) in [4.78, 5) is 3.00. The van der Waals surface area contributed by atoms with Gasteiger partial charge in [0.1, 0.15) is 0 Å². The van der Waals surface area contributed by atoms with Crippen molar-refractivity contribution in [2.75, 3.05) is 7.11 Å². The molecule has 1 N–H and O–H groups in total. The minimum atomic E-state index is 0.748. The Morgan fingerprint density at radius 3 is 3.00 bits per heavy atom. The fourth-order valence-electron chi connectivity index (χ4n) is 0.703. The van der Waals surface area contributed by atoms with Crippen LogP contribution >= 0.6 is 0 Å². The number of nitrogens with one attached hydrogen (secondary N) is 1. The van der Waals surface area contributed by atoms with E-state index in [4.69, 9.17) is 4.74 Å². The van der Waals surface area contributed by atoms with Crippen molar-refractivity contribution in [2.24, 2.45) is 0 Å². The zero-order chi connectivity index (χ0) is 7.40. The van der Waals surface area contributed by atoms with Gasteiger partial charge in [0.15, 0.2) is 0 Å². The van der Waals surface area contributed by atoms with Gasteiger partial charge in [-0.15, -0.1) is 0 Å². The Bertz CT molecular complexity index is 232. The number of pyridine rings is 1. The molecule has 1 rings (SSSR count). The van der Waals surface area contributed by atoms with Gasteiger partial charge in [-0.25, -0.2) is 0 Å². The van der Waals surface area contributed by atoms with Crippen LogP contribution in [0.3, 0.4) is 0 Å². The van der Waals surface area contributed by atoms with Crippen LogP contribution in [-0.4, -0.2) is 7.11 Å². The quantitative estimate of drug-likeness (QED) is 0.598. The molecule has 0 atom stereocenters. The van der Waals surface area contributed by atoms with Crippen LogP contribution < -0.4 is 9.72 Å². The number of aromatic amines is 1. The zero-order valence-electron chi connectivity index (χ0n) is 5.92. The Labute approximate surface area is 60.2 Å². The van der Waals surface area contributed by atoms with Gasteiger partial charge in [-0.2, -0.15) is 4.98 Å². The molecule has 2 nitrogen and oxygen atoms in total. The third kappa shape index (κ3) is 1.35. The van der Waals surface area contributed by atoms with E-state index in [1.54, 1.807) is 13.2 Å². The SMILES string of the molecule is C=Cc1cccc(OC)[nH+]1. The first-order valence-corrected chi connectivity index (χ1v) is 3.05. The summed E-state index contributed by atoms with van der Waals surface area (Å²) in [7, 11) is 1.62. The van der Waals surface area contributed by atoms with Crippen LogP contribution in [0.4, 0.5) is 0 Å². The molecule has 1 aromatic rings. The van der Waals surface area contributed by atoms with E-state index >= 15 is 0 Å². The van der Waals surface area contributed by atoms with Gasteiger partial charge >= 0.3 is 5.88 Å². The maximum atomic E-state index is 4.95. The van der Waals surface area contributed by atoms with Crippen molar-refractivity contribution >= 4 is 6.08 Å². The largest absolute Gasteiger partial charge is 0.448 e. The summed E-state index contributed by atoms with van der Waals surface area (Å²) < 4.78 is 4.95. The van der Waals surface area contributed by atoms with Crippen LogP contribution in [0.2, 0.25) is 0 Å². The van der Waals surface area contributed by atoms with Crippen molar-refractivity contribution in [3.8, 4) is 5.88 Å². The van der Waals surface area contributed by atoms with Crippen molar-refractivity contribution < 1.29 is 9.72 Å². The number of ether oxygens (including phenoxy) is 1. The summed E-state index contributed by atoms with van der Waals surface area (Å²) in [5.74, 6) is 0.748. The first-order chi connectivity index (χ1) is 4.86. The number of methoxy groups -OCH3 is 1. The van der Waals surface area contributed by atoms with Crippen molar-refractivity contribution in [1.29, 1.82) is 0 Å². The molecule has 2 heteroatoms. The topological polar surface area (TPSA) is 23.4 Å². The number of rotatable bonds is 2. The molecule has 0 aliphatic rings. The predicted octanol–water partition coefficient (Wildman–Crippen LogP) is 1.15. The first kappa shape index (κ1) is 6.81. The van der Waals surface area contributed by atoms with E-state index < -0.39 is 0 Å². The highest BCUT2D eigenvalue weighted by atomic mass is 16.5. The van der Waals surface area contributed by atoms with E-state index in [1.807, 2.05) is 18.2 Å². The lowest BCUT2D eigenvalue weighted by atomic mass is 10.3. The standard InChI is InChI=1S/C8H9NO/c1-3-7-5-4-6-8(9-7)10-2/h3-6H,1H2,2H3/p+1. The first-order valence-electron chi connectivity index (χ1n) is 3.05. The van der Waals surface area contributed by atoms with E-state index in [2.05, 4.69) is 11.6 Å². The number of hydrogen-bond donors (Lipinski definition) is 0. The summed E-state index contributed by atoms with van der Waals surface area (Å²) in [6.45, 7) is 3.62. The van der Waals surface area contributed by atoms with Gasteiger partial charge in [-0.1, -0.05) is 6.58 Å². The third-order valence-corrected chi connectivity index (χ3v) is 1.23. The fourth-order valence-corrected chi connectivity index (χ4v) is 0.703. The van der Waals surface area contributed by atoms with Crippen LogP contribution in [-0.2, 0) is 0 Å². The molecular formula is C8H10NO+. The molecule has 52 valence electrons. The van der Waals surface area contributed by atoms with Crippen molar-refractivity contribution in [1.82, 2.24) is 0 Å². The monoisotopic (exact) mass is 136 g/mol. The summed E-state index contributed by atoms with van der Waals surface area (Å²) in [6.07, 6.45) is 1.74. The zero-order valence-corrected chi connectivity index (χ0v) is 5.92. The Balaban J connectivity index is 2.98. The lowest BCUT2D eigenvalue weighted by molar-refractivity contribution is -0.395. The van der Waals surface area contributed by atoms with E-state index in [-0.39, 0.29) is 0 Å². The molecule has 0 saturated carbocycles. The average molecular weight is 136 g/mol. The maximum absolute atomic E-state index is 4.95. The van der Waals surface area contributed by atoms with Crippen LogP contribution in [0.1, 0.15) is 5.69 Å². The Morgan fingerprint density at radius 1 is 1.60 bits per heavy atom. The predicted molar refractivity (Wildman–Crippen MR) is 39.6 cm³/mol. The highest BCUT2D eigenvalue weighted by Crippen LogP contribution is 2.00. The van der Waals surface area contributed by atoms with Gasteiger partial charge in [0.25, 0.3) is 0 Å². The van der Waals surface area contributed by atoms with Crippen LogP contribution in [0.15, 0.2) is 24.8 Å². The lowest BCUT2D eigenvalue weighted by Gasteiger charge is -1.90. The van der Waals surface area contributed by atoms with Gasteiger partial charge in [-0.3, -0.25) is 0 Å². The van der Waals surface area contributed by atoms with Crippen LogP contribution in [0, 0.1) is 0 Å². The van der Waals surface area contributed by atoms with Crippen molar-refractivity contribution in [3.63, 3.8) is 0 Å². The molecule has 0 aliphatic carbocycles. The van der Waals surface area contributed by atoms with Gasteiger partial charge in [0, 0.05) is 12.1 Å². The smallest absolute Gasteiger partial charge is 0.366 e. The third-order valence-electron chi connectivity index (χ3n) is 1.23. The summed E-state index contributed by atoms with van der Waals surface area (Å²) in [6, 6.07) is 5.69. The molecule has 0 aliphatic heterocycles. The molecule has 0 bridgehead atoms. The van der Waals surface area contributed by atoms with E-state index in [0.29, 0.717) is 0 Å². The molecule has 1 heterocycles. The van der Waals surface area contributed by atoms with Gasteiger partial charge in [-0.05, 0) is 6.07 Å². The van der Waals surface area contributed by atoms with Crippen molar-refractivity contribution in [2.45, 2.75) is 0 Å². The lowest BCUT2D eigenvalue weighted by Crippen LogP contribution is -2.09. The summed E-state index contributed by atoms with van der Waals surface area (Å²) in [5.41, 5.74) is 0.958. The molecule has 0 fully saturated rings. The van der Waals surface area contributed by atoms with Gasteiger partial charge in [0.05, 0.1) is 13.2 Å². The van der Waals surface area contributed by atoms with Gasteiger partial charge < -0.3 is 4.74 Å². The van der Waals surface area contributed by atoms with Gasteiger partial charge in [0.2, 0.25) is 5.69 Å². The Hall–Kier alpha value is -1.31. The Kier molecular flexibility index (Phi) is 2.05. The minimum absolute atomic E-state index is 0.748. The molecule has 0 saturated heterocycles. The molecule has 10 heavy (non-hydrogen) atoms. The van der Waals surface area contributed by atoms with E-state index in [9.17, 15) is 0 Å².